The lowest BCUT2D eigenvalue weighted by Gasteiger charge is -2.41. The van der Waals surface area contributed by atoms with Crippen molar-refractivity contribution < 1.29 is 31.4 Å². The molecule has 0 aliphatic heterocycles. The summed E-state index contributed by atoms with van der Waals surface area (Å²) in [4.78, 5) is 13.1. The van der Waals surface area contributed by atoms with Crippen molar-refractivity contribution in [1.82, 2.24) is 0 Å². The molecule has 1 aliphatic rings. The number of carbonyl (C=O) groups excluding carboxylic acids is 1. The highest BCUT2D eigenvalue weighted by Crippen LogP contribution is 2.41. The monoisotopic (exact) mass is 472 g/mol. The molecule has 1 aromatic carbocycles. The fourth-order valence-electron chi connectivity index (χ4n) is 4.28. The third-order valence-corrected chi connectivity index (χ3v) is 7.75. The quantitative estimate of drug-likeness (QED) is 0.251. The minimum absolute atomic E-state index is 0.000302. The largest absolute Gasteiger partial charge is 0.464 e. The first kappa shape index (κ1) is 25.9. The van der Waals surface area contributed by atoms with Gasteiger partial charge in [0, 0.05) is 12.5 Å². The van der Waals surface area contributed by atoms with Gasteiger partial charge in [-0.3, -0.25) is 8.75 Å². The van der Waals surface area contributed by atoms with Crippen LogP contribution < -0.4 is 0 Å². The van der Waals surface area contributed by atoms with Crippen molar-refractivity contribution in [3.05, 3.63) is 29.8 Å². The van der Waals surface area contributed by atoms with Crippen molar-refractivity contribution in [2.75, 3.05) is 26.0 Å². The summed E-state index contributed by atoms with van der Waals surface area (Å²) >= 11 is 0. The first-order valence-corrected chi connectivity index (χ1v) is 13.3. The van der Waals surface area contributed by atoms with Gasteiger partial charge in [0.1, 0.15) is 0 Å². The van der Waals surface area contributed by atoms with Crippen molar-refractivity contribution in [2.24, 2.45) is 11.8 Å². The van der Waals surface area contributed by atoms with Crippen molar-refractivity contribution in [3.8, 4) is 0 Å². The van der Waals surface area contributed by atoms with Gasteiger partial charge in [0.05, 0.1) is 24.3 Å². The number of benzene rings is 1. The molecule has 0 heterocycles. The molecule has 1 aliphatic carbocycles. The van der Waals surface area contributed by atoms with Crippen LogP contribution in [0.4, 0.5) is 0 Å². The molecule has 0 radical (unpaired) electrons. The highest BCUT2D eigenvalue weighted by Gasteiger charge is 2.52. The molecule has 2 unspecified atom stereocenters. The molecule has 0 spiro atoms. The van der Waals surface area contributed by atoms with E-state index in [1.165, 1.54) is 12.1 Å². The number of rotatable bonds is 12. The van der Waals surface area contributed by atoms with E-state index < -0.39 is 27.6 Å². The molecule has 0 bridgehead atoms. The van der Waals surface area contributed by atoms with Crippen LogP contribution in [-0.4, -0.2) is 46.0 Å². The van der Waals surface area contributed by atoms with E-state index in [0.29, 0.717) is 0 Å². The van der Waals surface area contributed by atoms with Crippen molar-refractivity contribution >= 4 is 24.5 Å². The van der Waals surface area contributed by atoms with Crippen molar-refractivity contribution in [2.45, 2.75) is 63.4 Å². The second-order valence-electron chi connectivity index (χ2n) is 7.89. The molecule has 9 heteroatoms. The predicted molar refractivity (Wildman–Crippen MR) is 118 cm³/mol. The van der Waals surface area contributed by atoms with E-state index in [9.17, 15) is 17.8 Å². The van der Waals surface area contributed by atoms with Gasteiger partial charge in [-0.2, -0.15) is 8.42 Å². The van der Waals surface area contributed by atoms with Crippen molar-refractivity contribution in [3.63, 3.8) is 0 Å². The molecule has 2 rings (SSSR count). The molecule has 31 heavy (non-hydrogen) atoms. The van der Waals surface area contributed by atoms with Gasteiger partial charge in [-0.1, -0.05) is 37.0 Å². The van der Waals surface area contributed by atoms with E-state index in [0.717, 1.165) is 37.7 Å². The Balaban J connectivity index is 2.40. The van der Waals surface area contributed by atoms with Gasteiger partial charge in [0.15, 0.2) is 14.1 Å². The lowest BCUT2D eigenvalue weighted by Crippen LogP contribution is -2.55. The van der Waals surface area contributed by atoms with E-state index in [-0.39, 0.29) is 45.3 Å². The first-order valence-electron chi connectivity index (χ1n) is 10.9. The van der Waals surface area contributed by atoms with E-state index in [1.54, 1.807) is 26.0 Å². The summed E-state index contributed by atoms with van der Waals surface area (Å²) in [7, 11) is -4.30. The van der Waals surface area contributed by atoms with Gasteiger partial charge in [-0.05, 0) is 51.7 Å². The SMILES string of the molecule is CCOC(=O)C(CP=O)(OCC)C(COS(=O)(=O)c1ccc(C)cc1)C1CCCCC1. The highest BCUT2D eigenvalue weighted by molar-refractivity contribution is 7.86. The molecule has 0 amide bonds. The highest BCUT2D eigenvalue weighted by atomic mass is 32.2. The third-order valence-electron chi connectivity index (χ3n) is 5.85. The van der Waals surface area contributed by atoms with Gasteiger partial charge in [0.25, 0.3) is 10.1 Å². The summed E-state index contributed by atoms with van der Waals surface area (Å²) in [6, 6.07) is 6.40. The number of carbonyl (C=O) groups is 1. The van der Waals surface area contributed by atoms with Crippen LogP contribution in [0.15, 0.2) is 29.2 Å². The average Bonchev–Trinajstić information content (AvgIpc) is 2.75. The Bertz CT molecular complexity index is 819. The molecular formula is C22H33O7PS. The first-order chi connectivity index (χ1) is 14.8. The molecule has 1 fully saturated rings. The second-order valence-corrected chi connectivity index (χ2v) is 10.1. The molecule has 0 saturated heterocycles. The summed E-state index contributed by atoms with van der Waals surface area (Å²) in [6.45, 7) is 5.41. The van der Waals surface area contributed by atoms with E-state index in [4.69, 9.17) is 13.7 Å². The number of aryl methyl sites for hydroxylation is 1. The molecule has 2 atom stereocenters. The maximum Gasteiger partial charge on any atom is 0.339 e. The minimum Gasteiger partial charge on any atom is -0.464 e. The fourth-order valence-corrected chi connectivity index (χ4v) is 5.85. The second kappa shape index (κ2) is 12.0. The van der Waals surface area contributed by atoms with Crippen LogP contribution in [0.5, 0.6) is 0 Å². The van der Waals surface area contributed by atoms with Crippen LogP contribution in [0.2, 0.25) is 0 Å². The van der Waals surface area contributed by atoms with E-state index in [2.05, 4.69) is 0 Å². The van der Waals surface area contributed by atoms with Gasteiger partial charge in [-0.15, -0.1) is 0 Å². The summed E-state index contributed by atoms with van der Waals surface area (Å²) in [5.74, 6) is -1.22. The minimum atomic E-state index is -4.03. The maximum absolute atomic E-state index is 13.1. The lowest BCUT2D eigenvalue weighted by atomic mass is 9.72. The van der Waals surface area contributed by atoms with Crippen LogP contribution in [0.1, 0.15) is 51.5 Å². The molecule has 7 nitrogen and oxygen atoms in total. The third kappa shape index (κ3) is 6.58. The Morgan fingerprint density at radius 2 is 1.77 bits per heavy atom. The standard InChI is InChI=1S/C22H33O7PS/c1-4-27-21(23)22(16-30-24,28-5-2)20(18-9-7-6-8-10-18)15-29-31(25,26)19-13-11-17(3)12-14-19/h11-14,18,20H,4-10,15-16H2,1-3H3. The zero-order valence-corrected chi connectivity index (χ0v) is 20.3. The zero-order chi connectivity index (χ0) is 22.9. The number of esters is 1. The molecule has 0 N–H and O–H groups in total. The molecule has 1 saturated carbocycles. The normalized spacial score (nSPS) is 18.4. The zero-order valence-electron chi connectivity index (χ0n) is 18.5. The van der Waals surface area contributed by atoms with Gasteiger partial charge in [-0.25, -0.2) is 4.79 Å². The summed E-state index contributed by atoms with van der Waals surface area (Å²) in [5.41, 5.74) is -0.593. The molecule has 0 aromatic heterocycles. The number of ether oxygens (including phenoxy) is 2. The summed E-state index contributed by atoms with van der Waals surface area (Å²) in [5, 5.41) is 0. The fraction of sp³-hybridized carbons (Fsp3) is 0.682. The van der Waals surface area contributed by atoms with Gasteiger partial charge < -0.3 is 9.47 Å². The van der Waals surface area contributed by atoms with Crippen LogP contribution in [0.25, 0.3) is 0 Å². The van der Waals surface area contributed by atoms with Crippen LogP contribution in [0.3, 0.4) is 0 Å². The molecular weight excluding hydrogens is 439 g/mol. The van der Waals surface area contributed by atoms with Crippen LogP contribution in [-0.2, 0) is 33.1 Å². The lowest BCUT2D eigenvalue weighted by molar-refractivity contribution is -0.182. The smallest absolute Gasteiger partial charge is 0.339 e. The Hall–Kier alpha value is -1.34. The van der Waals surface area contributed by atoms with E-state index >= 15 is 0 Å². The summed E-state index contributed by atoms with van der Waals surface area (Å²) < 4.78 is 54.1. The maximum atomic E-state index is 13.1. The van der Waals surface area contributed by atoms with Crippen molar-refractivity contribution in [1.29, 1.82) is 0 Å². The molecule has 174 valence electrons. The number of hydrogen-bond acceptors (Lipinski definition) is 7. The topological polar surface area (TPSA) is 96.0 Å². The Kier molecular flexibility index (Phi) is 10.1. The van der Waals surface area contributed by atoms with Crippen LogP contribution >= 0.6 is 8.46 Å². The Morgan fingerprint density at radius 3 is 2.32 bits per heavy atom. The predicted octanol–water partition coefficient (Wildman–Crippen LogP) is 4.53. The molecule has 1 aromatic rings. The Labute approximate surface area is 187 Å². The van der Waals surface area contributed by atoms with E-state index in [1.807, 2.05) is 6.92 Å². The summed E-state index contributed by atoms with van der Waals surface area (Å²) in [6.07, 6.45) is 4.57. The Morgan fingerprint density at radius 1 is 1.13 bits per heavy atom. The number of hydrogen-bond donors (Lipinski definition) is 0. The van der Waals surface area contributed by atoms with Crippen LogP contribution in [0, 0.1) is 18.8 Å². The average molecular weight is 473 g/mol. The van der Waals surface area contributed by atoms with Gasteiger partial charge >= 0.3 is 5.97 Å². The van der Waals surface area contributed by atoms with Gasteiger partial charge in [0.2, 0.25) is 0 Å².